The Morgan fingerprint density at radius 1 is 1.38 bits per heavy atom. The van der Waals surface area contributed by atoms with Crippen LogP contribution >= 0.6 is 11.8 Å². The van der Waals surface area contributed by atoms with Crippen LogP contribution < -0.4 is 5.32 Å². The Hall–Kier alpha value is -1.75. The molecule has 5 heteroatoms. The minimum Gasteiger partial charge on any atom is -0.349 e. The molecule has 0 fully saturated rings. The van der Waals surface area contributed by atoms with Crippen LogP contribution in [0.2, 0.25) is 0 Å². The minimum absolute atomic E-state index is 0.0394. The van der Waals surface area contributed by atoms with Gasteiger partial charge in [-0.1, -0.05) is 18.2 Å². The van der Waals surface area contributed by atoms with Crippen LogP contribution in [-0.2, 0) is 4.79 Å². The van der Waals surface area contributed by atoms with Crippen molar-refractivity contribution in [3.05, 3.63) is 47.3 Å². The number of para-hydroxylation sites is 1. The molecule has 1 aromatic heterocycles. The number of nitrogens with one attached hydrogen (secondary N) is 1. The van der Waals surface area contributed by atoms with E-state index in [2.05, 4.69) is 29.5 Å². The molecule has 4 nitrogen and oxygen atoms in total. The van der Waals surface area contributed by atoms with Gasteiger partial charge in [-0.25, -0.2) is 4.68 Å². The summed E-state index contributed by atoms with van der Waals surface area (Å²) in [5, 5.41) is 7.49. The standard InChI is InChI=1S/C16H21N3OS/c1-11-7-5-6-8-15(11)19-13(3)14(9-17-19)12(2)18-16(20)10-21-4/h5-9,12H,10H2,1-4H3,(H,18,20)/t12-/m0/s1. The van der Waals surface area contributed by atoms with Crippen molar-refractivity contribution < 1.29 is 4.79 Å². The van der Waals surface area contributed by atoms with E-state index in [4.69, 9.17) is 0 Å². The number of carbonyl (C=O) groups is 1. The number of hydrogen-bond acceptors (Lipinski definition) is 3. The molecule has 0 aliphatic rings. The van der Waals surface area contributed by atoms with Crippen molar-refractivity contribution in [2.24, 2.45) is 0 Å². The summed E-state index contributed by atoms with van der Waals surface area (Å²) < 4.78 is 1.93. The SMILES string of the molecule is CSCC(=O)N[C@@H](C)c1cnn(-c2ccccc2C)c1C. The average molecular weight is 303 g/mol. The molecular weight excluding hydrogens is 282 g/mol. The molecule has 0 aliphatic carbocycles. The van der Waals surface area contributed by atoms with Gasteiger partial charge >= 0.3 is 0 Å². The summed E-state index contributed by atoms with van der Waals surface area (Å²) >= 11 is 1.52. The van der Waals surface area contributed by atoms with E-state index < -0.39 is 0 Å². The molecular formula is C16H21N3OS. The van der Waals surface area contributed by atoms with Gasteiger partial charge in [-0.15, -0.1) is 0 Å². The largest absolute Gasteiger partial charge is 0.349 e. The highest BCUT2D eigenvalue weighted by Crippen LogP contribution is 2.21. The maximum absolute atomic E-state index is 11.7. The summed E-state index contributed by atoms with van der Waals surface area (Å²) in [4.78, 5) is 11.7. The van der Waals surface area contributed by atoms with Crippen molar-refractivity contribution in [2.45, 2.75) is 26.8 Å². The molecule has 0 saturated heterocycles. The molecule has 0 saturated carbocycles. The quantitative estimate of drug-likeness (QED) is 0.923. The van der Waals surface area contributed by atoms with Gasteiger partial charge in [0, 0.05) is 11.3 Å². The summed E-state index contributed by atoms with van der Waals surface area (Å²) in [5.41, 5.74) is 4.35. The Balaban J connectivity index is 2.25. The highest BCUT2D eigenvalue weighted by Gasteiger charge is 2.16. The van der Waals surface area contributed by atoms with Crippen LogP contribution in [0.25, 0.3) is 5.69 Å². The lowest BCUT2D eigenvalue weighted by Gasteiger charge is -2.14. The lowest BCUT2D eigenvalue weighted by Crippen LogP contribution is -2.28. The second kappa shape index (κ2) is 6.80. The van der Waals surface area contributed by atoms with E-state index in [1.807, 2.05) is 43.1 Å². The highest BCUT2D eigenvalue weighted by atomic mass is 32.2. The third-order valence-corrected chi connectivity index (χ3v) is 4.06. The second-order valence-electron chi connectivity index (χ2n) is 5.11. The summed E-state index contributed by atoms with van der Waals surface area (Å²) in [6.45, 7) is 6.09. The maximum Gasteiger partial charge on any atom is 0.230 e. The fourth-order valence-electron chi connectivity index (χ4n) is 2.38. The Morgan fingerprint density at radius 2 is 2.10 bits per heavy atom. The summed E-state index contributed by atoms with van der Waals surface area (Å²) in [6, 6.07) is 8.11. The first-order valence-electron chi connectivity index (χ1n) is 6.93. The first-order valence-corrected chi connectivity index (χ1v) is 8.32. The topological polar surface area (TPSA) is 46.9 Å². The van der Waals surface area contributed by atoms with Gasteiger partial charge in [0.25, 0.3) is 0 Å². The third kappa shape index (κ3) is 3.47. The van der Waals surface area contributed by atoms with Crippen molar-refractivity contribution in [1.82, 2.24) is 15.1 Å². The van der Waals surface area contributed by atoms with E-state index in [0.29, 0.717) is 5.75 Å². The number of aryl methyl sites for hydroxylation is 1. The van der Waals surface area contributed by atoms with Gasteiger partial charge in [0.05, 0.1) is 23.7 Å². The molecule has 0 unspecified atom stereocenters. The van der Waals surface area contributed by atoms with E-state index in [9.17, 15) is 4.79 Å². The molecule has 21 heavy (non-hydrogen) atoms. The smallest absolute Gasteiger partial charge is 0.230 e. The van der Waals surface area contributed by atoms with Gasteiger partial charge in [-0.05, 0) is 38.7 Å². The lowest BCUT2D eigenvalue weighted by atomic mass is 10.1. The number of carbonyl (C=O) groups excluding carboxylic acids is 1. The van der Waals surface area contributed by atoms with Crippen molar-refractivity contribution in [3.63, 3.8) is 0 Å². The first kappa shape index (κ1) is 15.6. The molecule has 1 atom stereocenters. The second-order valence-corrected chi connectivity index (χ2v) is 5.97. The molecule has 2 aromatic rings. The molecule has 0 spiro atoms. The Kier molecular flexibility index (Phi) is 5.07. The third-order valence-electron chi connectivity index (χ3n) is 3.51. The molecule has 1 heterocycles. The molecule has 2 rings (SSSR count). The minimum atomic E-state index is -0.0394. The highest BCUT2D eigenvalue weighted by molar-refractivity contribution is 7.99. The summed E-state index contributed by atoms with van der Waals surface area (Å²) in [5.74, 6) is 0.535. The van der Waals surface area contributed by atoms with E-state index in [1.165, 1.54) is 17.3 Å². The van der Waals surface area contributed by atoms with Gasteiger partial charge in [-0.3, -0.25) is 4.79 Å². The van der Waals surface area contributed by atoms with Crippen LogP contribution in [0.3, 0.4) is 0 Å². The fourth-order valence-corrected chi connectivity index (χ4v) is 2.73. The van der Waals surface area contributed by atoms with Crippen LogP contribution in [0, 0.1) is 13.8 Å². The molecule has 0 radical (unpaired) electrons. The van der Waals surface area contributed by atoms with Gasteiger partial charge in [-0.2, -0.15) is 16.9 Å². The number of aromatic nitrogens is 2. The number of benzene rings is 1. The normalized spacial score (nSPS) is 12.2. The van der Waals surface area contributed by atoms with E-state index in [1.54, 1.807) is 0 Å². The van der Waals surface area contributed by atoms with E-state index in [-0.39, 0.29) is 11.9 Å². The van der Waals surface area contributed by atoms with E-state index >= 15 is 0 Å². The van der Waals surface area contributed by atoms with Gasteiger partial charge < -0.3 is 5.32 Å². The predicted octanol–water partition coefficient (Wildman–Crippen LogP) is 3.03. The Morgan fingerprint density at radius 3 is 2.76 bits per heavy atom. The van der Waals surface area contributed by atoms with Crippen molar-refractivity contribution >= 4 is 17.7 Å². The zero-order valence-corrected chi connectivity index (χ0v) is 13.7. The van der Waals surface area contributed by atoms with Crippen molar-refractivity contribution in [1.29, 1.82) is 0 Å². The molecule has 1 N–H and O–H groups in total. The molecule has 1 aromatic carbocycles. The molecule has 112 valence electrons. The van der Waals surface area contributed by atoms with Crippen molar-refractivity contribution in [3.8, 4) is 5.69 Å². The van der Waals surface area contributed by atoms with Crippen LogP contribution in [0.1, 0.15) is 29.8 Å². The Labute approximate surface area is 129 Å². The molecule has 1 amide bonds. The van der Waals surface area contributed by atoms with Gasteiger partial charge in [0.15, 0.2) is 0 Å². The lowest BCUT2D eigenvalue weighted by molar-refractivity contribution is -0.119. The van der Waals surface area contributed by atoms with Gasteiger partial charge in [0.2, 0.25) is 5.91 Å². The van der Waals surface area contributed by atoms with Crippen LogP contribution in [0.15, 0.2) is 30.5 Å². The zero-order valence-electron chi connectivity index (χ0n) is 12.9. The predicted molar refractivity (Wildman–Crippen MR) is 88.0 cm³/mol. The van der Waals surface area contributed by atoms with Crippen LogP contribution in [-0.4, -0.2) is 27.7 Å². The molecule has 0 bridgehead atoms. The zero-order chi connectivity index (χ0) is 15.4. The summed E-state index contributed by atoms with van der Waals surface area (Å²) in [7, 11) is 0. The monoisotopic (exact) mass is 303 g/mol. The number of nitrogens with zero attached hydrogens (tertiary/aromatic N) is 2. The van der Waals surface area contributed by atoms with Crippen LogP contribution in [0.4, 0.5) is 0 Å². The van der Waals surface area contributed by atoms with Crippen LogP contribution in [0.5, 0.6) is 0 Å². The number of rotatable bonds is 5. The number of amides is 1. The van der Waals surface area contributed by atoms with Gasteiger partial charge in [0.1, 0.15) is 0 Å². The summed E-state index contributed by atoms with van der Waals surface area (Å²) in [6.07, 6.45) is 3.76. The number of hydrogen-bond donors (Lipinski definition) is 1. The van der Waals surface area contributed by atoms with Crippen molar-refractivity contribution in [2.75, 3.05) is 12.0 Å². The molecule has 0 aliphatic heterocycles. The average Bonchev–Trinajstić information content (AvgIpc) is 2.81. The van der Waals surface area contributed by atoms with E-state index in [0.717, 1.165) is 16.9 Å². The Bertz CT molecular complexity index is 636. The maximum atomic E-state index is 11.7. The fraction of sp³-hybridized carbons (Fsp3) is 0.375. The first-order chi connectivity index (χ1) is 10.0. The number of thioether (sulfide) groups is 1.